The monoisotopic (exact) mass is 286 g/mol. The van der Waals surface area contributed by atoms with Crippen molar-refractivity contribution < 1.29 is 14.7 Å². The summed E-state index contributed by atoms with van der Waals surface area (Å²) in [5.74, 6) is -0.425. The molecular weight excluding hydrogens is 270 g/mol. The summed E-state index contributed by atoms with van der Waals surface area (Å²) >= 11 is 0. The molecule has 1 aromatic heterocycles. The lowest BCUT2D eigenvalue weighted by Crippen LogP contribution is -2.51. The van der Waals surface area contributed by atoms with Crippen molar-refractivity contribution in [2.75, 3.05) is 5.43 Å². The predicted molar refractivity (Wildman–Crippen MR) is 75.6 cm³/mol. The Morgan fingerprint density at radius 2 is 1.81 bits per heavy atom. The van der Waals surface area contributed by atoms with Crippen LogP contribution in [0, 0.1) is 0 Å². The van der Waals surface area contributed by atoms with Crippen LogP contribution in [0.4, 0.5) is 4.79 Å². The minimum Gasteiger partial charge on any atom is -0.530 e. The Labute approximate surface area is 122 Å². The number of carbonyl (C=O) groups is 2. The SMILES string of the molecule is C[C@@H](C(=O)Nn1cccc1)N(Cc1ccccc1)C(=O)[O-]. The first-order valence-electron chi connectivity index (χ1n) is 6.53. The van der Waals surface area contributed by atoms with E-state index in [1.807, 2.05) is 18.2 Å². The first-order chi connectivity index (χ1) is 10.1. The van der Waals surface area contributed by atoms with Gasteiger partial charge >= 0.3 is 0 Å². The zero-order valence-electron chi connectivity index (χ0n) is 11.6. The zero-order chi connectivity index (χ0) is 15.2. The number of hydrogen-bond acceptors (Lipinski definition) is 3. The van der Waals surface area contributed by atoms with Gasteiger partial charge in [-0.25, -0.2) is 0 Å². The highest BCUT2D eigenvalue weighted by atomic mass is 16.4. The number of amides is 2. The molecule has 2 aromatic rings. The van der Waals surface area contributed by atoms with Crippen LogP contribution in [-0.4, -0.2) is 27.6 Å². The van der Waals surface area contributed by atoms with E-state index < -0.39 is 18.0 Å². The Bertz CT molecular complexity index is 596. The van der Waals surface area contributed by atoms with Crippen molar-refractivity contribution in [1.82, 2.24) is 9.58 Å². The molecule has 0 saturated carbocycles. The van der Waals surface area contributed by atoms with Crippen molar-refractivity contribution in [1.29, 1.82) is 0 Å². The van der Waals surface area contributed by atoms with E-state index in [1.165, 1.54) is 11.6 Å². The molecule has 1 atom stereocenters. The fraction of sp³-hybridized carbons (Fsp3) is 0.200. The smallest absolute Gasteiger partial charge is 0.261 e. The number of nitrogens with one attached hydrogen (secondary N) is 1. The molecule has 1 heterocycles. The van der Waals surface area contributed by atoms with Crippen LogP contribution in [0.1, 0.15) is 12.5 Å². The summed E-state index contributed by atoms with van der Waals surface area (Å²) in [7, 11) is 0. The Hall–Kier alpha value is -2.76. The van der Waals surface area contributed by atoms with E-state index in [0.717, 1.165) is 10.5 Å². The highest BCUT2D eigenvalue weighted by Gasteiger charge is 2.21. The van der Waals surface area contributed by atoms with Crippen molar-refractivity contribution in [3.8, 4) is 0 Å². The molecule has 0 unspecified atom stereocenters. The molecule has 0 fully saturated rings. The van der Waals surface area contributed by atoms with Crippen LogP contribution >= 0.6 is 0 Å². The number of carboxylic acid groups (broad SMARTS) is 1. The van der Waals surface area contributed by atoms with Gasteiger partial charge < -0.3 is 14.8 Å². The van der Waals surface area contributed by atoms with Gasteiger partial charge in [0.15, 0.2) is 0 Å². The summed E-state index contributed by atoms with van der Waals surface area (Å²) < 4.78 is 1.47. The fourth-order valence-corrected chi connectivity index (χ4v) is 1.91. The third-order valence-electron chi connectivity index (χ3n) is 3.12. The van der Waals surface area contributed by atoms with Gasteiger partial charge in [-0.3, -0.25) is 14.9 Å². The highest BCUT2D eigenvalue weighted by Crippen LogP contribution is 2.08. The van der Waals surface area contributed by atoms with Crippen LogP contribution in [0.15, 0.2) is 54.9 Å². The average Bonchev–Trinajstić information content (AvgIpc) is 2.97. The molecule has 0 spiro atoms. The Balaban J connectivity index is 2.06. The van der Waals surface area contributed by atoms with Gasteiger partial charge in [-0.15, -0.1) is 0 Å². The Morgan fingerprint density at radius 1 is 1.19 bits per heavy atom. The van der Waals surface area contributed by atoms with Crippen molar-refractivity contribution in [2.45, 2.75) is 19.5 Å². The molecule has 6 heteroatoms. The van der Waals surface area contributed by atoms with Crippen molar-refractivity contribution in [2.24, 2.45) is 0 Å². The molecule has 0 radical (unpaired) electrons. The highest BCUT2D eigenvalue weighted by molar-refractivity contribution is 5.90. The summed E-state index contributed by atoms with van der Waals surface area (Å²) in [6.45, 7) is 1.63. The van der Waals surface area contributed by atoms with E-state index in [1.54, 1.807) is 36.7 Å². The standard InChI is InChI=1S/C15H17N3O3/c1-12(14(19)16-17-9-5-6-10-17)18(15(20)21)11-13-7-3-2-4-8-13/h2-10,12H,11H2,1H3,(H,16,19)(H,20,21)/p-1/t12-/m0/s1. The quantitative estimate of drug-likeness (QED) is 0.883. The van der Waals surface area contributed by atoms with Crippen LogP contribution in [0.3, 0.4) is 0 Å². The second kappa shape index (κ2) is 6.60. The number of nitrogens with zero attached hydrogens (tertiary/aromatic N) is 2. The molecule has 21 heavy (non-hydrogen) atoms. The molecule has 1 N–H and O–H groups in total. The van der Waals surface area contributed by atoms with Gasteiger partial charge in [-0.05, 0) is 24.6 Å². The lowest BCUT2D eigenvalue weighted by Gasteiger charge is -2.30. The first kappa shape index (κ1) is 14.6. The van der Waals surface area contributed by atoms with Crippen molar-refractivity contribution in [3.05, 3.63) is 60.4 Å². The molecule has 0 bridgehead atoms. The van der Waals surface area contributed by atoms with Gasteiger partial charge in [0.2, 0.25) is 0 Å². The van der Waals surface area contributed by atoms with Crippen molar-refractivity contribution in [3.63, 3.8) is 0 Å². The normalized spacial score (nSPS) is 11.7. The summed E-state index contributed by atoms with van der Waals surface area (Å²) in [4.78, 5) is 24.4. The maximum atomic E-state index is 12.1. The Morgan fingerprint density at radius 3 is 2.38 bits per heavy atom. The van der Waals surface area contributed by atoms with E-state index in [0.29, 0.717) is 0 Å². The summed E-state index contributed by atoms with van der Waals surface area (Å²) in [5.41, 5.74) is 3.38. The summed E-state index contributed by atoms with van der Waals surface area (Å²) in [5, 5.41) is 11.3. The lowest BCUT2D eigenvalue weighted by molar-refractivity contribution is -0.268. The van der Waals surface area contributed by atoms with E-state index in [4.69, 9.17) is 0 Å². The van der Waals surface area contributed by atoms with Crippen LogP contribution < -0.4 is 10.5 Å². The molecule has 0 aliphatic carbocycles. The van der Waals surface area contributed by atoms with Crippen LogP contribution in [0.2, 0.25) is 0 Å². The van der Waals surface area contributed by atoms with Gasteiger partial charge in [0, 0.05) is 18.9 Å². The minimum atomic E-state index is -1.38. The summed E-state index contributed by atoms with van der Waals surface area (Å²) in [6, 6.07) is 11.7. The van der Waals surface area contributed by atoms with Gasteiger partial charge in [-0.2, -0.15) is 0 Å². The van der Waals surface area contributed by atoms with E-state index in [2.05, 4.69) is 5.43 Å². The molecule has 6 nitrogen and oxygen atoms in total. The third-order valence-corrected chi connectivity index (χ3v) is 3.12. The van der Waals surface area contributed by atoms with E-state index >= 15 is 0 Å². The molecular formula is C15H16N3O3-. The Kier molecular flexibility index (Phi) is 4.61. The van der Waals surface area contributed by atoms with Gasteiger partial charge in [-0.1, -0.05) is 30.3 Å². The molecule has 2 rings (SSSR count). The number of carbonyl (C=O) groups excluding carboxylic acids is 2. The molecule has 1 aromatic carbocycles. The van der Waals surface area contributed by atoms with E-state index in [9.17, 15) is 14.7 Å². The van der Waals surface area contributed by atoms with Crippen LogP contribution in [0.25, 0.3) is 0 Å². The maximum absolute atomic E-state index is 12.1. The summed E-state index contributed by atoms with van der Waals surface area (Å²) in [6.07, 6.45) is 1.94. The molecule has 0 aliphatic rings. The number of benzene rings is 1. The fourth-order valence-electron chi connectivity index (χ4n) is 1.91. The predicted octanol–water partition coefficient (Wildman–Crippen LogP) is 0.792. The van der Waals surface area contributed by atoms with Gasteiger partial charge in [0.05, 0.1) is 0 Å². The molecule has 2 amide bonds. The maximum Gasteiger partial charge on any atom is 0.261 e. The van der Waals surface area contributed by atoms with Gasteiger partial charge in [0.1, 0.15) is 12.1 Å². The second-order valence-corrected chi connectivity index (χ2v) is 4.62. The van der Waals surface area contributed by atoms with Crippen molar-refractivity contribution >= 4 is 12.0 Å². The minimum absolute atomic E-state index is 0.101. The molecule has 0 saturated heterocycles. The van der Waals surface area contributed by atoms with Crippen LogP contribution in [0.5, 0.6) is 0 Å². The zero-order valence-corrected chi connectivity index (χ0v) is 11.6. The average molecular weight is 286 g/mol. The number of aromatic nitrogens is 1. The number of hydrogen-bond donors (Lipinski definition) is 1. The molecule has 0 aliphatic heterocycles. The van der Waals surface area contributed by atoms with Gasteiger partial charge in [0.25, 0.3) is 5.91 Å². The van der Waals surface area contributed by atoms with E-state index in [-0.39, 0.29) is 6.54 Å². The number of rotatable bonds is 5. The largest absolute Gasteiger partial charge is 0.530 e. The topological polar surface area (TPSA) is 77.4 Å². The lowest BCUT2D eigenvalue weighted by atomic mass is 10.2. The molecule has 110 valence electrons. The first-order valence-corrected chi connectivity index (χ1v) is 6.53. The van der Waals surface area contributed by atoms with Crippen LogP contribution in [-0.2, 0) is 11.3 Å². The second-order valence-electron chi connectivity index (χ2n) is 4.62. The third kappa shape index (κ3) is 3.85.